The molecule has 5 nitrogen and oxygen atoms in total. The van der Waals surface area contributed by atoms with Crippen LogP contribution in [0.1, 0.15) is 19.3 Å². The van der Waals surface area contributed by atoms with Crippen LogP contribution in [0.3, 0.4) is 0 Å². The molecule has 1 heterocycles. The van der Waals surface area contributed by atoms with E-state index in [4.69, 9.17) is 9.84 Å². The fourth-order valence-corrected chi connectivity index (χ4v) is 1.59. The van der Waals surface area contributed by atoms with E-state index in [1.54, 1.807) is 0 Å². The van der Waals surface area contributed by atoms with E-state index in [0.29, 0.717) is 25.6 Å². The zero-order valence-electron chi connectivity index (χ0n) is 7.52. The Hall–Kier alpha value is -0.680. The van der Waals surface area contributed by atoms with E-state index in [1.165, 1.54) is 0 Å². The molecule has 0 radical (unpaired) electrons. The molecule has 0 spiro atoms. The number of ether oxygens (including phenoxy) is 1. The Bertz CT molecular complexity index is 168. The van der Waals surface area contributed by atoms with Gasteiger partial charge in [0.05, 0.1) is 0 Å². The molecular formula is C8H15NO4. The van der Waals surface area contributed by atoms with Gasteiger partial charge in [-0.1, -0.05) is 0 Å². The summed E-state index contributed by atoms with van der Waals surface area (Å²) in [6.45, 7) is 1.03. The van der Waals surface area contributed by atoms with Gasteiger partial charge in [0.25, 0.3) is 0 Å². The third-order valence-corrected chi connectivity index (χ3v) is 2.46. The molecule has 1 N–H and O–H groups in total. The van der Waals surface area contributed by atoms with Crippen molar-refractivity contribution < 1.29 is 14.8 Å². The van der Waals surface area contributed by atoms with Crippen molar-refractivity contribution in [1.29, 1.82) is 0 Å². The second kappa shape index (κ2) is 5.14. The highest BCUT2D eigenvalue weighted by Crippen LogP contribution is 2.20. The van der Waals surface area contributed by atoms with Gasteiger partial charge in [0.1, 0.15) is 6.61 Å². The van der Waals surface area contributed by atoms with Gasteiger partial charge in [-0.2, -0.15) is 0 Å². The topological polar surface area (TPSA) is 72.6 Å². The summed E-state index contributed by atoms with van der Waals surface area (Å²) in [7, 11) is 0. The van der Waals surface area contributed by atoms with E-state index in [2.05, 4.69) is 0 Å². The van der Waals surface area contributed by atoms with Crippen LogP contribution in [-0.4, -0.2) is 35.9 Å². The lowest BCUT2D eigenvalue weighted by atomic mass is 9.93. The summed E-state index contributed by atoms with van der Waals surface area (Å²) in [5.41, 5.74) is 0. The summed E-state index contributed by atoms with van der Waals surface area (Å²) in [6.07, 6.45) is 2.24. The second-order valence-corrected chi connectivity index (χ2v) is 3.41. The summed E-state index contributed by atoms with van der Waals surface area (Å²) in [5.74, 6) is 0.344. The van der Waals surface area contributed by atoms with Crippen molar-refractivity contribution in [3.63, 3.8) is 0 Å². The van der Waals surface area contributed by atoms with Crippen molar-refractivity contribution in [1.82, 2.24) is 0 Å². The summed E-state index contributed by atoms with van der Waals surface area (Å²) in [6, 6.07) is -0.789. The van der Waals surface area contributed by atoms with Crippen LogP contribution in [0.25, 0.3) is 0 Å². The molecule has 1 fully saturated rings. The van der Waals surface area contributed by atoms with Crippen molar-refractivity contribution in [2.24, 2.45) is 5.92 Å². The number of aliphatic hydroxyl groups is 1. The standard InChI is InChI=1S/C8H15NO4/c10-6-8(9(11)12)5-7-1-3-13-4-2-7/h7-8,10H,1-6H2. The average Bonchev–Trinajstić information content (AvgIpc) is 2.15. The van der Waals surface area contributed by atoms with Crippen LogP contribution in [0.2, 0.25) is 0 Å². The minimum absolute atomic E-state index is 0.344. The van der Waals surface area contributed by atoms with Crippen LogP contribution >= 0.6 is 0 Å². The lowest BCUT2D eigenvalue weighted by Gasteiger charge is -2.22. The Morgan fingerprint density at radius 2 is 2.15 bits per heavy atom. The summed E-state index contributed by atoms with van der Waals surface area (Å²) < 4.78 is 5.14. The van der Waals surface area contributed by atoms with Crippen molar-refractivity contribution in [2.75, 3.05) is 19.8 Å². The zero-order valence-corrected chi connectivity index (χ0v) is 7.52. The Balaban J connectivity index is 2.31. The first-order chi connectivity index (χ1) is 6.24. The van der Waals surface area contributed by atoms with Crippen molar-refractivity contribution in [2.45, 2.75) is 25.3 Å². The molecule has 0 aliphatic carbocycles. The molecule has 0 saturated carbocycles. The Kier molecular flexibility index (Phi) is 4.11. The van der Waals surface area contributed by atoms with Gasteiger partial charge in [-0.05, 0) is 18.8 Å². The Morgan fingerprint density at radius 3 is 2.62 bits per heavy atom. The first-order valence-corrected chi connectivity index (χ1v) is 4.56. The highest BCUT2D eigenvalue weighted by molar-refractivity contribution is 4.68. The molecule has 1 aliphatic heterocycles. The molecule has 5 heteroatoms. The monoisotopic (exact) mass is 189 g/mol. The van der Waals surface area contributed by atoms with Gasteiger partial charge in [0.2, 0.25) is 6.04 Å². The van der Waals surface area contributed by atoms with Gasteiger partial charge in [0, 0.05) is 24.6 Å². The summed E-state index contributed by atoms with van der Waals surface area (Å²) >= 11 is 0. The van der Waals surface area contributed by atoms with Gasteiger partial charge in [-0.25, -0.2) is 0 Å². The zero-order chi connectivity index (χ0) is 9.68. The van der Waals surface area contributed by atoms with Crippen molar-refractivity contribution in [3.05, 3.63) is 10.1 Å². The molecule has 0 aromatic heterocycles. The van der Waals surface area contributed by atoms with Gasteiger partial charge >= 0.3 is 0 Å². The third kappa shape index (κ3) is 3.28. The number of nitro groups is 1. The number of nitrogens with zero attached hydrogens (tertiary/aromatic N) is 1. The Morgan fingerprint density at radius 1 is 1.54 bits per heavy atom. The molecule has 1 atom stereocenters. The van der Waals surface area contributed by atoms with Crippen LogP contribution in [0.5, 0.6) is 0 Å². The van der Waals surface area contributed by atoms with E-state index in [-0.39, 0.29) is 6.61 Å². The highest BCUT2D eigenvalue weighted by atomic mass is 16.6. The summed E-state index contributed by atoms with van der Waals surface area (Å²) in [4.78, 5) is 10.0. The van der Waals surface area contributed by atoms with E-state index >= 15 is 0 Å². The van der Waals surface area contributed by atoms with Crippen LogP contribution in [0.15, 0.2) is 0 Å². The van der Waals surface area contributed by atoms with Crippen LogP contribution < -0.4 is 0 Å². The average molecular weight is 189 g/mol. The van der Waals surface area contributed by atoms with E-state index < -0.39 is 11.0 Å². The van der Waals surface area contributed by atoms with Crippen LogP contribution in [0.4, 0.5) is 0 Å². The summed E-state index contributed by atoms with van der Waals surface area (Å²) in [5, 5.41) is 19.2. The first kappa shape index (κ1) is 10.4. The molecule has 13 heavy (non-hydrogen) atoms. The highest BCUT2D eigenvalue weighted by Gasteiger charge is 2.25. The van der Waals surface area contributed by atoms with E-state index in [0.717, 1.165) is 12.8 Å². The van der Waals surface area contributed by atoms with E-state index in [9.17, 15) is 10.1 Å². The molecule has 1 rings (SSSR count). The van der Waals surface area contributed by atoms with E-state index in [1.807, 2.05) is 0 Å². The first-order valence-electron chi connectivity index (χ1n) is 4.56. The van der Waals surface area contributed by atoms with Gasteiger partial charge in [-0.15, -0.1) is 0 Å². The maximum Gasteiger partial charge on any atom is 0.236 e. The number of aliphatic hydroxyl groups excluding tert-OH is 1. The molecule has 1 unspecified atom stereocenters. The minimum atomic E-state index is -0.789. The number of rotatable bonds is 4. The molecule has 0 amide bonds. The smallest absolute Gasteiger partial charge is 0.236 e. The number of hydrogen-bond donors (Lipinski definition) is 1. The maximum atomic E-state index is 10.4. The second-order valence-electron chi connectivity index (χ2n) is 3.41. The van der Waals surface area contributed by atoms with Crippen LogP contribution in [-0.2, 0) is 4.74 Å². The fourth-order valence-electron chi connectivity index (χ4n) is 1.59. The fraction of sp³-hybridized carbons (Fsp3) is 1.00. The minimum Gasteiger partial charge on any atom is -0.389 e. The van der Waals surface area contributed by atoms with Crippen molar-refractivity contribution in [3.8, 4) is 0 Å². The Labute approximate surface area is 76.8 Å². The van der Waals surface area contributed by atoms with Crippen LogP contribution in [0, 0.1) is 16.0 Å². The SMILES string of the molecule is O=[N+]([O-])C(CO)CC1CCOCC1. The molecule has 0 bridgehead atoms. The third-order valence-electron chi connectivity index (χ3n) is 2.46. The van der Waals surface area contributed by atoms with Crippen molar-refractivity contribution >= 4 is 0 Å². The quantitative estimate of drug-likeness (QED) is 0.514. The number of hydrogen-bond acceptors (Lipinski definition) is 4. The largest absolute Gasteiger partial charge is 0.389 e. The molecule has 0 aromatic rings. The molecular weight excluding hydrogens is 174 g/mol. The molecule has 1 saturated heterocycles. The molecule has 76 valence electrons. The maximum absolute atomic E-state index is 10.4. The van der Waals surface area contributed by atoms with Gasteiger partial charge < -0.3 is 9.84 Å². The lowest BCUT2D eigenvalue weighted by molar-refractivity contribution is -0.528. The lowest BCUT2D eigenvalue weighted by Crippen LogP contribution is -2.29. The predicted octanol–water partition coefficient (Wildman–Crippen LogP) is 0.441. The van der Waals surface area contributed by atoms with Gasteiger partial charge in [0.15, 0.2) is 0 Å². The molecule has 0 aromatic carbocycles. The predicted molar refractivity (Wildman–Crippen MR) is 46.0 cm³/mol. The molecule has 1 aliphatic rings. The normalized spacial score (nSPS) is 21.3. The van der Waals surface area contributed by atoms with Gasteiger partial charge in [-0.3, -0.25) is 10.1 Å².